The van der Waals surface area contributed by atoms with Crippen molar-refractivity contribution in [1.82, 2.24) is 9.97 Å². The van der Waals surface area contributed by atoms with Gasteiger partial charge < -0.3 is 4.74 Å². The predicted molar refractivity (Wildman–Crippen MR) is 59.4 cm³/mol. The molecule has 0 saturated heterocycles. The SMILES string of the molecule is O=[N+]([O-])c1ccc(OCc2ncccn2)cc1F. The molecule has 0 aliphatic heterocycles. The summed E-state index contributed by atoms with van der Waals surface area (Å²) in [6, 6.07) is 5.00. The molecule has 92 valence electrons. The van der Waals surface area contributed by atoms with Crippen LogP contribution in [0, 0.1) is 15.9 Å². The van der Waals surface area contributed by atoms with E-state index in [2.05, 4.69) is 9.97 Å². The van der Waals surface area contributed by atoms with Crippen molar-refractivity contribution in [3.8, 4) is 5.75 Å². The summed E-state index contributed by atoms with van der Waals surface area (Å²) in [4.78, 5) is 17.5. The Morgan fingerprint density at radius 3 is 2.67 bits per heavy atom. The summed E-state index contributed by atoms with van der Waals surface area (Å²) in [5, 5.41) is 10.4. The van der Waals surface area contributed by atoms with E-state index in [-0.39, 0.29) is 12.4 Å². The molecule has 0 amide bonds. The van der Waals surface area contributed by atoms with Crippen molar-refractivity contribution in [1.29, 1.82) is 0 Å². The number of rotatable bonds is 4. The van der Waals surface area contributed by atoms with Crippen molar-refractivity contribution in [2.24, 2.45) is 0 Å². The van der Waals surface area contributed by atoms with Gasteiger partial charge in [-0.1, -0.05) is 0 Å². The minimum Gasteiger partial charge on any atom is -0.485 e. The van der Waals surface area contributed by atoms with Crippen LogP contribution >= 0.6 is 0 Å². The van der Waals surface area contributed by atoms with E-state index in [4.69, 9.17) is 4.74 Å². The molecule has 0 unspecified atom stereocenters. The van der Waals surface area contributed by atoms with Gasteiger partial charge in [-0.3, -0.25) is 10.1 Å². The summed E-state index contributed by atoms with van der Waals surface area (Å²) in [5.41, 5.74) is -0.585. The Morgan fingerprint density at radius 1 is 1.33 bits per heavy atom. The zero-order chi connectivity index (χ0) is 13.0. The molecule has 18 heavy (non-hydrogen) atoms. The van der Waals surface area contributed by atoms with Crippen LogP contribution in [0.4, 0.5) is 10.1 Å². The van der Waals surface area contributed by atoms with Crippen molar-refractivity contribution < 1.29 is 14.1 Å². The first-order valence-electron chi connectivity index (χ1n) is 4.99. The van der Waals surface area contributed by atoms with Crippen molar-refractivity contribution in [3.05, 3.63) is 58.4 Å². The first-order chi connectivity index (χ1) is 8.66. The summed E-state index contributed by atoms with van der Waals surface area (Å²) in [6.45, 7) is 0.0676. The van der Waals surface area contributed by atoms with Crippen molar-refractivity contribution >= 4 is 5.69 Å². The molecule has 0 N–H and O–H groups in total. The van der Waals surface area contributed by atoms with Crippen LogP contribution < -0.4 is 4.74 Å². The summed E-state index contributed by atoms with van der Waals surface area (Å²) in [5.74, 6) is -0.312. The number of nitro groups is 1. The summed E-state index contributed by atoms with van der Waals surface area (Å²) >= 11 is 0. The van der Waals surface area contributed by atoms with Crippen LogP contribution in [0.2, 0.25) is 0 Å². The highest BCUT2D eigenvalue weighted by molar-refractivity contribution is 5.37. The van der Waals surface area contributed by atoms with E-state index in [0.717, 1.165) is 12.1 Å². The molecule has 1 aromatic carbocycles. The zero-order valence-corrected chi connectivity index (χ0v) is 9.12. The molecule has 0 aliphatic rings. The highest BCUT2D eigenvalue weighted by Crippen LogP contribution is 2.22. The van der Waals surface area contributed by atoms with Crippen LogP contribution in [-0.2, 0) is 6.61 Å². The number of aromatic nitrogens is 2. The second-order valence-electron chi connectivity index (χ2n) is 3.32. The van der Waals surface area contributed by atoms with Crippen molar-refractivity contribution in [2.45, 2.75) is 6.61 Å². The lowest BCUT2D eigenvalue weighted by atomic mass is 10.3. The average molecular weight is 249 g/mol. The molecule has 0 fully saturated rings. The molecule has 0 atom stereocenters. The lowest BCUT2D eigenvalue weighted by molar-refractivity contribution is -0.387. The van der Waals surface area contributed by atoms with Crippen LogP contribution in [0.1, 0.15) is 5.82 Å². The molecule has 1 aromatic heterocycles. The quantitative estimate of drug-likeness (QED) is 0.612. The lowest BCUT2D eigenvalue weighted by Crippen LogP contribution is -2.01. The summed E-state index contributed by atoms with van der Waals surface area (Å²) in [6.07, 6.45) is 3.12. The molecule has 0 saturated carbocycles. The van der Waals surface area contributed by atoms with Gasteiger partial charge in [0.05, 0.1) is 4.92 Å². The Morgan fingerprint density at radius 2 is 2.06 bits per heavy atom. The maximum atomic E-state index is 13.3. The maximum Gasteiger partial charge on any atom is 0.305 e. The molecular formula is C11H8FN3O3. The fourth-order valence-corrected chi connectivity index (χ4v) is 1.28. The van der Waals surface area contributed by atoms with Crippen LogP contribution in [0.5, 0.6) is 5.75 Å². The molecule has 2 aromatic rings. The molecule has 6 nitrogen and oxygen atoms in total. The Bertz CT molecular complexity index is 563. The summed E-state index contributed by atoms with van der Waals surface area (Å²) < 4.78 is 18.5. The molecule has 7 heteroatoms. The van der Waals surface area contributed by atoms with Gasteiger partial charge in [0, 0.05) is 24.5 Å². The zero-order valence-electron chi connectivity index (χ0n) is 9.12. The first kappa shape index (κ1) is 11.9. The third kappa shape index (κ3) is 2.76. The van der Waals surface area contributed by atoms with E-state index in [0.29, 0.717) is 5.82 Å². The molecular weight excluding hydrogens is 241 g/mol. The normalized spacial score (nSPS) is 10.1. The number of halogens is 1. The second kappa shape index (κ2) is 5.17. The Labute approximate surface area is 101 Å². The van der Waals surface area contributed by atoms with E-state index in [1.54, 1.807) is 18.5 Å². The summed E-state index contributed by atoms with van der Waals surface area (Å²) in [7, 11) is 0. The van der Waals surface area contributed by atoms with Gasteiger partial charge in [0.25, 0.3) is 0 Å². The Balaban J connectivity index is 2.07. The number of nitrogens with zero attached hydrogens (tertiary/aromatic N) is 3. The Kier molecular flexibility index (Phi) is 3.42. The number of hydrogen-bond acceptors (Lipinski definition) is 5. The van der Waals surface area contributed by atoms with Crippen molar-refractivity contribution in [3.63, 3.8) is 0 Å². The van der Waals surface area contributed by atoms with Gasteiger partial charge in [0.1, 0.15) is 12.4 Å². The predicted octanol–water partition coefficient (Wildman–Crippen LogP) is 2.10. The average Bonchev–Trinajstić information content (AvgIpc) is 2.37. The number of benzene rings is 1. The van der Waals surface area contributed by atoms with Crippen LogP contribution in [0.3, 0.4) is 0 Å². The highest BCUT2D eigenvalue weighted by atomic mass is 19.1. The number of ether oxygens (including phenoxy) is 1. The van der Waals surface area contributed by atoms with Gasteiger partial charge in [0.15, 0.2) is 5.82 Å². The van der Waals surface area contributed by atoms with E-state index in [1.807, 2.05) is 0 Å². The maximum absolute atomic E-state index is 13.3. The molecule has 0 bridgehead atoms. The largest absolute Gasteiger partial charge is 0.485 e. The third-order valence-electron chi connectivity index (χ3n) is 2.10. The fourth-order valence-electron chi connectivity index (χ4n) is 1.28. The molecule has 0 radical (unpaired) electrons. The monoisotopic (exact) mass is 249 g/mol. The van der Waals surface area contributed by atoms with Crippen LogP contribution in [-0.4, -0.2) is 14.9 Å². The second-order valence-corrected chi connectivity index (χ2v) is 3.32. The molecule has 0 spiro atoms. The highest BCUT2D eigenvalue weighted by Gasteiger charge is 2.14. The third-order valence-corrected chi connectivity index (χ3v) is 2.10. The minimum absolute atomic E-state index is 0.0676. The fraction of sp³-hybridized carbons (Fsp3) is 0.0909. The van der Waals surface area contributed by atoms with Gasteiger partial charge in [-0.25, -0.2) is 9.97 Å². The van der Waals surface area contributed by atoms with E-state index in [1.165, 1.54) is 6.07 Å². The standard InChI is InChI=1S/C11H8FN3O3/c12-9-6-8(2-3-10(9)15(16)17)18-7-11-13-4-1-5-14-11/h1-6H,7H2. The van der Waals surface area contributed by atoms with Gasteiger partial charge in [-0.05, 0) is 12.1 Å². The lowest BCUT2D eigenvalue weighted by Gasteiger charge is -2.04. The number of hydrogen-bond donors (Lipinski definition) is 0. The topological polar surface area (TPSA) is 78.2 Å². The van der Waals surface area contributed by atoms with E-state index < -0.39 is 16.4 Å². The van der Waals surface area contributed by atoms with Gasteiger partial charge in [-0.15, -0.1) is 0 Å². The minimum atomic E-state index is -0.938. The molecule has 0 aliphatic carbocycles. The first-order valence-corrected chi connectivity index (χ1v) is 4.99. The molecule has 2 rings (SSSR count). The Hall–Kier alpha value is -2.57. The molecule has 1 heterocycles. The van der Waals surface area contributed by atoms with E-state index in [9.17, 15) is 14.5 Å². The van der Waals surface area contributed by atoms with Gasteiger partial charge in [0.2, 0.25) is 5.82 Å². The van der Waals surface area contributed by atoms with Crippen molar-refractivity contribution in [2.75, 3.05) is 0 Å². The van der Waals surface area contributed by atoms with Crippen LogP contribution in [0.15, 0.2) is 36.7 Å². The van der Waals surface area contributed by atoms with Crippen LogP contribution in [0.25, 0.3) is 0 Å². The van der Waals surface area contributed by atoms with Gasteiger partial charge in [-0.2, -0.15) is 4.39 Å². The van der Waals surface area contributed by atoms with Gasteiger partial charge >= 0.3 is 5.69 Å². The number of nitro benzene ring substituents is 1. The van der Waals surface area contributed by atoms with E-state index >= 15 is 0 Å². The smallest absolute Gasteiger partial charge is 0.305 e.